The van der Waals surface area contributed by atoms with Gasteiger partial charge in [-0.2, -0.15) is 0 Å². The van der Waals surface area contributed by atoms with Crippen LogP contribution in [0.1, 0.15) is 32.6 Å². The minimum absolute atomic E-state index is 0.00568. The zero-order valence-electron chi connectivity index (χ0n) is 12.4. The number of nitrogens with zero attached hydrogens (tertiary/aromatic N) is 1. The van der Waals surface area contributed by atoms with Gasteiger partial charge in [0, 0.05) is 39.8 Å². The maximum absolute atomic E-state index is 12.1. The van der Waals surface area contributed by atoms with Gasteiger partial charge in [0.25, 0.3) is 0 Å². The van der Waals surface area contributed by atoms with Crippen molar-refractivity contribution in [1.29, 1.82) is 0 Å². The molecule has 6 heteroatoms. The highest BCUT2D eigenvalue weighted by Gasteiger charge is 2.43. The molecule has 0 aliphatic carbocycles. The van der Waals surface area contributed by atoms with Crippen LogP contribution in [0.2, 0.25) is 0 Å². The molecule has 6 nitrogen and oxygen atoms in total. The first kappa shape index (κ1) is 16.9. The highest BCUT2D eigenvalue weighted by molar-refractivity contribution is 5.79. The molecule has 0 bridgehead atoms. The molecule has 1 rings (SSSR count). The van der Waals surface area contributed by atoms with E-state index in [0.29, 0.717) is 45.4 Å². The molecule has 1 aliphatic rings. The van der Waals surface area contributed by atoms with Crippen LogP contribution in [0.3, 0.4) is 0 Å². The predicted molar refractivity (Wildman–Crippen MR) is 73.5 cm³/mol. The summed E-state index contributed by atoms with van der Waals surface area (Å²) in [6.45, 7) is 4.14. The molecule has 1 N–H and O–H groups in total. The Morgan fingerprint density at radius 3 is 2.75 bits per heavy atom. The van der Waals surface area contributed by atoms with Crippen LogP contribution in [0, 0.1) is 5.41 Å². The molecular formula is C14H25NO5. The van der Waals surface area contributed by atoms with Crippen molar-refractivity contribution < 1.29 is 24.2 Å². The van der Waals surface area contributed by atoms with E-state index in [1.807, 2.05) is 6.92 Å². The third-order valence-electron chi connectivity index (χ3n) is 3.69. The van der Waals surface area contributed by atoms with Gasteiger partial charge in [-0.1, -0.05) is 0 Å². The standard InChI is InChI=1S/C14H25NO5/c1-3-20-9-4-6-12(16)15-8-5-7-14(10-15,11-19-2)13(17)18/h3-11H2,1-2H3,(H,17,18). The largest absolute Gasteiger partial charge is 0.481 e. The number of carbonyl (C=O) groups is 2. The van der Waals surface area contributed by atoms with Crippen LogP contribution < -0.4 is 0 Å². The van der Waals surface area contributed by atoms with Crippen LogP contribution >= 0.6 is 0 Å². The summed E-state index contributed by atoms with van der Waals surface area (Å²) in [4.78, 5) is 25.3. The van der Waals surface area contributed by atoms with Gasteiger partial charge < -0.3 is 19.5 Å². The van der Waals surface area contributed by atoms with E-state index in [4.69, 9.17) is 9.47 Å². The number of likely N-dealkylation sites (tertiary alicyclic amines) is 1. The molecule has 1 heterocycles. The average Bonchev–Trinajstić information content (AvgIpc) is 2.44. The van der Waals surface area contributed by atoms with E-state index in [-0.39, 0.29) is 19.1 Å². The van der Waals surface area contributed by atoms with Crippen molar-refractivity contribution in [2.45, 2.75) is 32.6 Å². The lowest BCUT2D eigenvalue weighted by Gasteiger charge is -2.39. The first-order valence-electron chi connectivity index (χ1n) is 7.13. The molecule has 1 saturated heterocycles. The Kier molecular flexibility index (Phi) is 6.95. The molecule has 1 aliphatic heterocycles. The zero-order chi connectivity index (χ0) is 15.0. The molecule has 1 unspecified atom stereocenters. The first-order valence-corrected chi connectivity index (χ1v) is 7.13. The molecule has 0 aromatic rings. The van der Waals surface area contributed by atoms with Gasteiger partial charge in [0.2, 0.25) is 5.91 Å². The van der Waals surface area contributed by atoms with Crippen LogP contribution in [0.25, 0.3) is 0 Å². The smallest absolute Gasteiger partial charge is 0.313 e. The van der Waals surface area contributed by atoms with Gasteiger partial charge in [0.1, 0.15) is 5.41 Å². The van der Waals surface area contributed by atoms with Gasteiger partial charge in [0.15, 0.2) is 0 Å². The Bertz CT molecular complexity index is 330. The van der Waals surface area contributed by atoms with Crippen LogP contribution in [-0.2, 0) is 19.1 Å². The Balaban J connectivity index is 2.54. The number of carboxylic acids is 1. The van der Waals surface area contributed by atoms with E-state index in [9.17, 15) is 14.7 Å². The van der Waals surface area contributed by atoms with E-state index in [2.05, 4.69) is 0 Å². The molecule has 0 aromatic heterocycles. The number of carboxylic acid groups (broad SMARTS) is 1. The number of ether oxygens (including phenoxy) is 2. The lowest BCUT2D eigenvalue weighted by Crippen LogP contribution is -2.52. The Hall–Kier alpha value is -1.14. The summed E-state index contributed by atoms with van der Waals surface area (Å²) in [5.41, 5.74) is -0.956. The van der Waals surface area contributed by atoms with E-state index in [1.165, 1.54) is 7.11 Å². The minimum atomic E-state index is -0.956. The van der Waals surface area contributed by atoms with Gasteiger partial charge in [-0.05, 0) is 26.2 Å². The SMILES string of the molecule is CCOCCCC(=O)N1CCCC(COC)(C(=O)O)C1. The van der Waals surface area contributed by atoms with Crippen molar-refractivity contribution in [1.82, 2.24) is 4.90 Å². The van der Waals surface area contributed by atoms with Crippen molar-refractivity contribution >= 4 is 11.9 Å². The number of hydrogen-bond donors (Lipinski definition) is 1. The van der Waals surface area contributed by atoms with Crippen LogP contribution in [0.4, 0.5) is 0 Å². The zero-order valence-corrected chi connectivity index (χ0v) is 12.4. The number of carbonyl (C=O) groups excluding carboxylic acids is 1. The van der Waals surface area contributed by atoms with Crippen molar-refractivity contribution in [3.63, 3.8) is 0 Å². The molecule has 0 saturated carbocycles. The Morgan fingerprint density at radius 1 is 1.40 bits per heavy atom. The molecule has 20 heavy (non-hydrogen) atoms. The third kappa shape index (κ3) is 4.45. The first-order chi connectivity index (χ1) is 9.55. The van der Waals surface area contributed by atoms with Crippen molar-refractivity contribution in [3.05, 3.63) is 0 Å². The number of methoxy groups -OCH3 is 1. The fourth-order valence-electron chi connectivity index (χ4n) is 2.60. The summed E-state index contributed by atoms with van der Waals surface area (Å²) >= 11 is 0. The molecule has 1 atom stereocenters. The minimum Gasteiger partial charge on any atom is -0.481 e. The van der Waals surface area contributed by atoms with Crippen LogP contribution in [0.5, 0.6) is 0 Å². The maximum atomic E-state index is 12.1. The highest BCUT2D eigenvalue weighted by Crippen LogP contribution is 2.31. The van der Waals surface area contributed by atoms with Crippen LogP contribution in [-0.4, -0.2) is 61.9 Å². The molecular weight excluding hydrogens is 262 g/mol. The number of aliphatic carboxylic acids is 1. The number of piperidine rings is 1. The lowest BCUT2D eigenvalue weighted by atomic mass is 9.80. The molecule has 0 spiro atoms. The van der Waals surface area contributed by atoms with Crippen molar-refractivity contribution in [2.24, 2.45) is 5.41 Å². The second kappa shape index (κ2) is 8.21. The van der Waals surface area contributed by atoms with Gasteiger partial charge in [-0.25, -0.2) is 0 Å². The van der Waals surface area contributed by atoms with Crippen molar-refractivity contribution in [2.75, 3.05) is 40.0 Å². The molecule has 116 valence electrons. The molecule has 0 radical (unpaired) electrons. The monoisotopic (exact) mass is 287 g/mol. The van der Waals surface area contributed by atoms with Gasteiger partial charge >= 0.3 is 5.97 Å². The second-order valence-electron chi connectivity index (χ2n) is 5.24. The summed E-state index contributed by atoms with van der Waals surface area (Å²) in [7, 11) is 1.49. The fourth-order valence-corrected chi connectivity index (χ4v) is 2.60. The molecule has 1 amide bonds. The fraction of sp³-hybridized carbons (Fsp3) is 0.857. The summed E-state index contributed by atoms with van der Waals surface area (Å²) in [6.07, 6.45) is 2.34. The quantitative estimate of drug-likeness (QED) is 0.678. The summed E-state index contributed by atoms with van der Waals surface area (Å²) < 4.78 is 10.3. The van der Waals surface area contributed by atoms with Crippen molar-refractivity contribution in [3.8, 4) is 0 Å². The van der Waals surface area contributed by atoms with E-state index in [1.54, 1.807) is 4.90 Å². The Morgan fingerprint density at radius 2 is 2.15 bits per heavy atom. The second-order valence-corrected chi connectivity index (χ2v) is 5.24. The molecule has 0 aromatic carbocycles. The highest BCUT2D eigenvalue weighted by atomic mass is 16.5. The predicted octanol–water partition coefficient (Wildman–Crippen LogP) is 1.14. The van der Waals surface area contributed by atoms with E-state index in [0.717, 1.165) is 0 Å². The van der Waals surface area contributed by atoms with E-state index >= 15 is 0 Å². The topological polar surface area (TPSA) is 76.1 Å². The summed E-state index contributed by atoms with van der Waals surface area (Å²) in [5, 5.41) is 9.43. The Labute approximate surface area is 120 Å². The molecule has 1 fully saturated rings. The summed E-state index contributed by atoms with van der Waals surface area (Å²) in [6, 6.07) is 0. The number of amides is 1. The van der Waals surface area contributed by atoms with E-state index < -0.39 is 11.4 Å². The van der Waals surface area contributed by atoms with Gasteiger partial charge in [0.05, 0.1) is 6.61 Å². The summed E-state index contributed by atoms with van der Waals surface area (Å²) in [5.74, 6) is -0.878. The third-order valence-corrected chi connectivity index (χ3v) is 3.69. The number of rotatable bonds is 8. The normalized spacial score (nSPS) is 22.8. The van der Waals surface area contributed by atoms with Crippen LogP contribution in [0.15, 0.2) is 0 Å². The lowest BCUT2D eigenvalue weighted by molar-refractivity contribution is -0.159. The number of hydrogen-bond acceptors (Lipinski definition) is 4. The maximum Gasteiger partial charge on any atom is 0.313 e. The van der Waals surface area contributed by atoms with Gasteiger partial charge in [-0.3, -0.25) is 9.59 Å². The van der Waals surface area contributed by atoms with Gasteiger partial charge in [-0.15, -0.1) is 0 Å². The average molecular weight is 287 g/mol.